The van der Waals surface area contributed by atoms with Crippen LogP contribution in [0.3, 0.4) is 0 Å². The van der Waals surface area contributed by atoms with E-state index in [4.69, 9.17) is 9.47 Å². The van der Waals surface area contributed by atoms with Crippen LogP contribution in [0.15, 0.2) is 47.3 Å². The fourth-order valence-corrected chi connectivity index (χ4v) is 5.19. The van der Waals surface area contributed by atoms with Crippen molar-refractivity contribution in [1.29, 1.82) is 0 Å². The van der Waals surface area contributed by atoms with Gasteiger partial charge in [-0.05, 0) is 68.4 Å². The SMILES string of the molecule is COCC(=O)n1c(=O)n(C2CCN(CCC(Oc3cc(C)ccc3C)C(C)C)CC2)c2ccccc21. The van der Waals surface area contributed by atoms with E-state index in [9.17, 15) is 9.59 Å². The Balaban J connectivity index is 1.42. The molecule has 0 amide bonds. The summed E-state index contributed by atoms with van der Waals surface area (Å²) in [6, 6.07) is 14.0. The van der Waals surface area contributed by atoms with Gasteiger partial charge in [0, 0.05) is 32.8 Å². The first-order valence-corrected chi connectivity index (χ1v) is 13.0. The van der Waals surface area contributed by atoms with Gasteiger partial charge in [0.15, 0.2) is 0 Å². The number of imidazole rings is 1. The number of fused-ring (bicyclic) bond motifs is 1. The van der Waals surface area contributed by atoms with Crippen molar-refractivity contribution in [2.75, 3.05) is 33.4 Å². The molecule has 7 heteroatoms. The molecule has 1 aliphatic rings. The maximum atomic E-state index is 13.3. The molecule has 1 fully saturated rings. The lowest BCUT2D eigenvalue weighted by atomic mass is 10.0. The second-order valence-corrected chi connectivity index (χ2v) is 10.3. The molecule has 0 aliphatic carbocycles. The molecule has 36 heavy (non-hydrogen) atoms. The largest absolute Gasteiger partial charge is 0.490 e. The molecule has 4 rings (SSSR count). The number of hydrogen-bond acceptors (Lipinski definition) is 5. The molecular formula is C29H39N3O4. The second kappa shape index (κ2) is 11.4. The molecule has 0 saturated carbocycles. The summed E-state index contributed by atoms with van der Waals surface area (Å²) in [5, 5.41) is 0. The van der Waals surface area contributed by atoms with Crippen LogP contribution in [0.5, 0.6) is 5.75 Å². The number of piperidine rings is 1. The number of rotatable bonds is 9. The molecule has 1 aromatic heterocycles. The highest BCUT2D eigenvalue weighted by Gasteiger charge is 2.27. The third-order valence-electron chi connectivity index (χ3n) is 7.31. The molecule has 1 saturated heterocycles. The minimum atomic E-state index is -0.335. The zero-order chi connectivity index (χ0) is 25.8. The van der Waals surface area contributed by atoms with Crippen LogP contribution >= 0.6 is 0 Å². The average Bonchev–Trinajstić information content (AvgIpc) is 3.15. The molecule has 194 valence electrons. The van der Waals surface area contributed by atoms with Crippen molar-refractivity contribution in [2.24, 2.45) is 5.92 Å². The molecule has 0 radical (unpaired) electrons. The number of benzene rings is 2. The van der Waals surface area contributed by atoms with Gasteiger partial charge in [0.05, 0.1) is 11.0 Å². The molecule has 0 bridgehead atoms. The third kappa shape index (κ3) is 5.57. The van der Waals surface area contributed by atoms with E-state index in [1.54, 1.807) is 0 Å². The predicted octanol–water partition coefficient (Wildman–Crippen LogP) is 4.84. The van der Waals surface area contributed by atoms with Crippen LogP contribution in [0, 0.1) is 19.8 Å². The van der Waals surface area contributed by atoms with Gasteiger partial charge in [-0.25, -0.2) is 9.36 Å². The van der Waals surface area contributed by atoms with E-state index in [-0.39, 0.29) is 30.3 Å². The zero-order valence-corrected chi connectivity index (χ0v) is 22.2. The summed E-state index contributed by atoms with van der Waals surface area (Å²) in [5.41, 5.74) is 3.57. The molecular weight excluding hydrogens is 454 g/mol. The minimum absolute atomic E-state index is 0.0716. The highest BCUT2D eigenvalue weighted by molar-refractivity contribution is 5.91. The van der Waals surface area contributed by atoms with Crippen molar-refractivity contribution in [3.05, 3.63) is 64.1 Å². The Kier molecular flexibility index (Phi) is 8.32. The lowest BCUT2D eigenvalue weighted by Crippen LogP contribution is -2.40. The van der Waals surface area contributed by atoms with Crippen molar-refractivity contribution in [1.82, 2.24) is 14.0 Å². The molecule has 2 aromatic carbocycles. The Morgan fingerprint density at radius 3 is 2.42 bits per heavy atom. The van der Waals surface area contributed by atoms with Crippen LogP contribution < -0.4 is 10.4 Å². The van der Waals surface area contributed by atoms with Gasteiger partial charge in [-0.3, -0.25) is 9.36 Å². The first-order valence-electron chi connectivity index (χ1n) is 13.0. The quantitative estimate of drug-likeness (QED) is 0.427. The summed E-state index contributed by atoms with van der Waals surface area (Å²) in [7, 11) is 1.47. The van der Waals surface area contributed by atoms with Crippen LogP contribution in [0.2, 0.25) is 0 Å². The summed E-state index contributed by atoms with van der Waals surface area (Å²) in [4.78, 5) is 28.4. The Morgan fingerprint density at radius 1 is 1.06 bits per heavy atom. The molecule has 0 spiro atoms. The summed E-state index contributed by atoms with van der Waals surface area (Å²) < 4.78 is 14.6. The van der Waals surface area contributed by atoms with Crippen molar-refractivity contribution >= 4 is 16.9 Å². The normalized spacial score (nSPS) is 16.1. The van der Waals surface area contributed by atoms with E-state index in [1.807, 2.05) is 28.8 Å². The molecule has 7 nitrogen and oxygen atoms in total. The monoisotopic (exact) mass is 493 g/mol. The molecule has 1 atom stereocenters. The van der Waals surface area contributed by atoms with Gasteiger partial charge in [-0.15, -0.1) is 0 Å². The fraction of sp³-hybridized carbons (Fsp3) is 0.517. The first kappa shape index (κ1) is 26.2. The number of carbonyl (C=O) groups excluding carboxylic acids is 1. The summed E-state index contributed by atoms with van der Waals surface area (Å²) >= 11 is 0. The number of aromatic nitrogens is 2. The van der Waals surface area contributed by atoms with E-state index in [0.29, 0.717) is 11.4 Å². The van der Waals surface area contributed by atoms with Gasteiger partial charge in [0.2, 0.25) is 0 Å². The summed E-state index contributed by atoms with van der Waals surface area (Å²) in [5.74, 6) is 1.06. The number of ether oxygens (including phenoxy) is 2. The standard InChI is InChI=1S/C29H39N3O4/c1-20(2)26(36-27-18-21(3)10-11-22(27)4)14-17-30-15-12-23(13-16-30)31-24-8-6-7-9-25(24)32(29(31)34)28(33)19-35-5/h6-11,18,20,23,26H,12-17,19H2,1-5H3. The lowest BCUT2D eigenvalue weighted by Gasteiger charge is -2.34. The van der Waals surface area contributed by atoms with Crippen LogP contribution in [0.4, 0.5) is 0 Å². The van der Waals surface area contributed by atoms with E-state index in [0.717, 1.165) is 50.2 Å². The highest BCUT2D eigenvalue weighted by Crippen LogP contribution is 2.27. The van der Waals surface area contributed by atoms with Gasteiger partial charge in [0.25, 0.3) is 5.91 Å². The van der Waals surface area contributed by atoms with Crippen molar-refractivity contribution in [3.8, 4) is 5.75 Å². The van der Waals surface area contributed by atoms with E-state index < -0.39 is 0 Å². The van der Waals surface area contributed by atoms with Crippen LogP contribution in [0.25, 0.3) is 11.0 Å². The fourth-order valence-electron chi connectivity index (χ4n) is 5.19. The van der Waals surface area contributed by atoms with Gasteiger partial charge in [0.1, 0.15) is 18.5 Å². The third-order valence-corrected chi connectivity index (χ3v) is 7.31. The Labute approximate surface area is 213 Å². The summed E-state index contributed by atoms with van der Waals surface area (Å²) in [6.45, 7) is 11.3. The first-order chi connectivity index (χ1) is 17.3. The van der Waals surface area contributed by atoms with E-state index in [1.165, 1.54) is 22.8 Å². The topological polar surface area (TPSA) is 65.7 Å². The summed E-state index contributed by atoms with van der Waals surface area (Å²) in [6.07, 6.45) is 2.85. The molecule has 1 aliphatic heterocycles. The number of hydrogen-bond donors (Lipinski definition) is 0. The molecule has 3 aromatic rings. The Hall–Kier alpha value is -2.90. The van der Waals surface area contributed by atoms with Gasteiger partial charge in [-0.1, -0.05) is 38.1 Å². The van der Waals surface area contributed by atoms with Crippen molar-refractivity contribution in [3.63, 3.8) is 0 Å². The minimum Gasteiger partial charge on any atom is -0.490 e. The van der Waals surface area contributed by atoms with Gasteiger partial charge >= 0.3 is 5.69 Å². The van der Waals surface area contributed by atoms with Crippen LogP contribution in [-0.4, -0.2) is 59.4 Å². The second-order valence-electron chi connectivity index (χ2n) is 10.3. The molecule has 2 heterocycles. The zero-order valence-electron chi connectivity index (χ0n) is 22.2. The van der Waals surface area contributed by atoms with Crippen molar-refractivity contribution < 1.29 is 14.3 Å². The molecule has 0 N–H and O–H groups in total. The smallest absolute Gasteiger partial charge is 0.336 e. The number of methoxy groups -OCH3 is 1. The number of nitrogens with zero attached hydrogens (tertiary/aromatic N) is 3. The van der Waals surface area contributed by atoms with Gasteiger partial charge < -0.3 is 14.4 Å². The predicted molar refractivity (Wildman–Crippen MR) is 143 cm³/mol. The maximum Gasteiger partial charge on any atom is 0.336 e. The number of para-hydroxylation sites is 2. The van der Waals surface area contributed by atoms with Crippen LogP contribution in [-0.2, 0) is 4.74 Å². The lowest BCUT2D eigenvalue weighted by molar-refractivity contribution is 0.0760. The average molecular weight is 494 g/mol. The number of carbonyl (C=O) groups is 1. The van der Waals surface area contributed by atoms with Crippen molar-refractivity contribution in [2.45, 2.75) is 59.1 Å². The Bertz CT molecular complexity index is 1250. The van der Waals surface area contributed by atoms with E-state index >= 15 is 0 Å². The number of likely N-dealkylation sites (tertiary alicyclic amines) is 1. The number of aryl methyl sites for hydroxylation is 2. The molecule has 1 unspecified atom stereocenters. The van der Waals surface area contributed by atoms with Crippen LogP contribution in [0.1, 0.15) is 55.1 Å². The van der Waals surface area contributed by atoms with Gasteiger partial charge in [-0.2, -0.15) is 0 Å². The highest BCUT2D eigenvalue weighted by atomic mass is 16.5. The maximum absolute atomic E-state index is 13.3. The van der Waals surface area contributed by atoms with E-state index in [2.05, 4.69) is 50.8 Å². The Morgan fingerprint density at radius 2 is 1.75 bits per heavy atom.